The van der Waals surface area contributed by atoms with Gasteiger partial charge in [0, 0.05) is 19.1 Å². The van der Waals surface area contributed by atoms with Gasteiger partial charge in [0.25, 0.3) is 0 Å². The zero-order valence-corrected chi connectivity index (χ0v) is 11.4. The van der Waals surface area contributed by atoms with E-state index in [4.69, 9.17) is 4.74 Å². The van der Waals surface area contributed by atoms with E-state index >= 15 is 0 Å². The van der Waals surface area contributed by atoms with Crippen molar-refractivity contribution in [2.24, 2.45) is 5.92 Å². The van der Waals surface area contributed by atoms with E-state index in [-0.39, 0.29) is 6.09 Å². The normalized spacial score (nSPS) is 24.8. The van der Waals surface area contributed by atoms with Crippen molar-refractivity contribution in [3.05, 3.63) is 0 Å². The second-order valence-corrected chi connectivity index (χ2v) is 4.76. The highest BCUT2D eigenvalue weighted by Crippen LogP contribution is 2.20. The Kier molecular flexibility index (Phi) is 6.34. The molecular weight excluding hydrogens is 216 g/mol. The smallest absolute Gasteiger partial charge is 0.409 e. The molecule has 0 bridgehead atoms. The minimum atomic E-state index is -0.158. The zero-order chi connectivity index (χ0) is 12.7. The maximum Gasteiger partial charge on any atom is 0.409 e. The summed E-state index contributed by atoms with van der Waals surface area (Å²) in [7, 11) is 0. The Hall–Kier alpha value is -0.770. The topological polar surface area (TPSA) is 41.6 Å². The molecule has 1 amide bonds. The Morgan fingerprint density at radius 2 is 2.12 bits per heavy atom. The first-order chi connectivity index (χ1) is 8.21. The lowest BCUT2D eigenvalue weighted by atomic mass is 9.92. The number of rotatable bonds is 5. The highest BCUT2D eigenvalue weighted by atomic mass is 16.6. The molecule has 1 heterocycles. The predicted octanol–water partition coefficient (Wildman–Crippen LogP) is 2.24. The molecule has 0 radical (unpaired) electrons. The van der Waals surface area contributed by atoms with Gasteiger partial charge >= 0.3 is 6.09 Å². The summed E-state index contributed by atoms with van der Waals surface area (Å²) in [6.45, 7) is 9.32. The molecule has 17 heavy (non-hydrogen) atoms. The van der Waals surface area contributed by atoms with E-state index in [1.807, 2.05) is 11.8 Å². The minimum Gasteiger partial charge on any atom is -0.450 e. The van der Waals surface area contributed by atoms with Gasteiger partial charge in [-0.2, -0.15) is 0 Å². The van der Waals surface area contributed by atoms with Crippen molar-refractivity contribution >= 4 is 6.09 Å². The van der Waals surface area contributed by atoms with Crippen molar-refractivity contribution in [2.45, 2.75) is 46.1 Å². The predicted molar refractivity (Wildman–Crippen MR) is 69.1 cm³/mol. The van der Waals surface area contributed by atoms with Crippen molar-refractivity contribution < 1.29 is 9.53 Å². The van der Waals surface area contributed by atoms with E-state index in [2.05, 4.69) is 19.2 Å². The summed E-state index contributed by atoms with van der Waals surface area (Å²) in [5, 5.41) is 3.51. The fourth-order valence-corrected chi connectivity index (χ4v) is 2.36. The summed E-state index contributed by atoms with van der Waals surface area (Å²) < 4.78 is 5.09. The van der Waals surface area contributed by atoms with E-state index < -0.39 is 0 Å². The van der Waals surface area contributed by atoms with E-state index in [9.17, 15) is 4.79 Å². The summed E-state index contributed by atoms with van der Waals surface area (Å²) in [4.78, 5) is 13.6. The fraction of sp³-hybridized carbons (Fsp3) is 0.923. The number of likely N-dealkylation sites (tertiary alicyclic amines) is 1. The maximum absolute atomic E-state index is 11.8. The van der Waals surface area contributed by atoms with Gasteiger partial charge in [-0.05, 0) is 32.2 Å². The molecule has 1 rings (SSSR count). The number of amides is 1. The number of nitrogens with one attached hydrogen (secondary N) is 1. The molecule has 4 heteroatoms. The molecule has 0 aromatic heterocycles. The lowest BCUT2D eigenvalue weighted by molar-refractivity contribution is 0.0782. The molecule has 1 aliphatic heterocycles. The number of ether oxygens (including phenoxy) is 1. The van der Waals surface area contributed by atoms with Crippen LogP contribution in [0.15, 0.2) is 0 Å². The van der Waals surface area contributed by atoms with E-state index in [0.29, 0.717) is 18.6 Å². The van der Waals surface area contributed by atoms with Crippen molar-refractivity contribution in [1.82, 2.24) is 10.2 Å². The van der Waals surface area contributed by atoms with Crippen molar-refractivity contribution in [1.29, 1.82) is 0 Å². The van der Waals surface area contributed by atoms with Crippen LogP contribution in [0.3, 0.4) is 0 Å². The number of hydrogen-bond donors (Lipinski definition) is 1. The molecule has 0 aliphatic carbocycles. The third-order valence-electron chi connectivity index (χ3n) is 3.32. The first-order valence-electron chi connectivity index (χ1n) is 6.86. The Labute approximate surface area is 105 Å². The average molecular weight is 242 g/mol. The maximum atomic E-state index is 11.8. The van der Waals surface area contributed by atoms with Crippen LogP contribution < -0.4 is 5.32 Å². The fourth-order valence-electron chi connectivity index (χ4n) is 2.36. The Bertz CT molecular complexity index is 233. The van der Waals surface area contributed by atoms with Crippen molar-refractivity contribution in [3.63, 3.8) is 0 Å². The van der Waals surface area contributed by atoms with Crippen molar-refractivity contribution in [3.8, 4) is 0 Å². The van der Waals surface area contributed by atoms with Crippen molar-refractivity contribution in [2.75, 3.05) is 26.2 Å². The van der Waals surface area contributed by atoms with E-state index in [1.54, 1.807) is 0 Å². The molecule has 100 valence electrons. The first kappa shape index (κ1) is 14.3. The number of hydrogen-bond acceptors (Lipinski definition) is 3. The van der Waals surface area contributed by atoms with Crippen LogP contribution in [0.4, 0.5) is 4.79 Å². The Balaban J connectivity index is 2.50. The second kappa shape index (κ2) is 7.54. The summed E-state index contributed by atoms with van der Waals surface area (Å²) in [5.41, 5.74) is 0. The zero-order valence-electron chi connectivity index (χ0n) is 11.4. The van der Waals surface area contributed by atoms with Gasteiger partial charge in [-0.25, -0.2) is 4.79 Å². The lowest BCUT2D eigenvalue weighted by Gasteiger charge is -2.37. The minimum absolute atomic E-state index is 0.158. The van der Waals surface area contributed by atoms with Crippen LogP contribution in [0.25, 0.3) is 0 Å². The van der Waals surface area contributed by atoms with Gasteiger partial charge in [-0.3, -0.25) is 0 Å². The van der Waals surface area contributed by atoms with Gasteiger partial charge in [0.05, 0.1) is 6.61 Å². The number of nitrogens with zero attached hydrogens (tertiary/aromatic N) is 1. The highest BCUT2D eigenvalue weighted by molar-refractivity contribution is 5.67. The third kappa shape index (κ3) is 4.54. The molecule has 2 atom stereocenters. The third-order valence-corrected chi connectivity index (χ3v) is 3.32. The lowest BCUT2D eigenvalue weighted by Crippen LogP contribution is -2.51. The standard InChI is InChI=1S/C13H26N2O2/c1-4-7-14-12-8-11(5-2)9-15(10-12)13(16)17-6-3/h11-12,14H,4-10H2,1-3H3. The molecule has 4 nitrogen and oxygen atoms in total. The summed E-state index contributed by atoms with van der Waals surface area (Å²) in [5.74, 6) is 0.600. The van der Waals surface area contributed by atoms with Crippen LogP contribution in [-0.2, 0) is 4.74 Å². The SMILES string of the molecule is CCCNC1CC(CC)CN(C(=O)OCC)C1. The number of carbonyl (C=O) groups excluding carboxylic acids is 1. The van der Waals surface area contributed by atoms with E-state index in [1.165, 1.54) is 6.42 Å². The Morgan fingerprint density at radius 1 is 1.35 bits per heavy atom. The highest BCUT2D eigenvalue weighted by Gasteiger charge is 2.29. The van der Waals surface area contributed by atoms with Gasteiger partial charge < -0.3 is 15.0 Å². The van der Waals surface area contributed by atoms with Crippen LogP contribution >= 0.6 is 0 Å². The van der Waals surface area contributed by atoms with Crippen LogP contribution in [-0.4, -0.2) is 43.3 Å². The van der Waals surface area contributed by atoms with Gasteiger partial charge in [0.2, 0.25) is 0 Å². The molecule has 1 fully saturated rings. The largest absolute Gasteiger partial charge is 0.450 e. The number of piperidine rings is 1. The molecule has 0 aromatic rings. The summed E-state index contributed by atoms with van der Waals surface area (Å²) in [6, 6.07) is 0.429. The number of carbonyl (C=O) groups is 1. The van der Waals surface area contributed by atoms with Crippen LogP contribution in [0.1, 0.15) is 40.0 Å². The molecular formula is C13H26N2O2. The molecule has 1 N–H and O–H groups in total. The van der Waals surface area contributed by atoms with Crippen LogP contribution in [0.2, 0.25) is 0 Å². The quantitative estimate of drug-likeness (QED) is 0.804. The molecule has 1 saturated heterocycles. The Morgan fingerprint density at radius 3 is 2.71 bits per heavy atom. The monoisotopic (exact) mass is 242 g/mol. The molecule has 2 unspecified atom stereocenters. The van der Waals surface area contributed by atoms with Gasteiger partial charge in [0.1, 0.15) is 0 Å². The van der Waals surface area contributed by atoms with Gasteiger partial charge in [-0.15, -0.1) is 0 Å². The molecule has 0 saturated carbocycles. The second-order valence-electron chi connectivity index (χ2n) is 4.76. The molecule has 0 spiro atoms. The summed E-state index contributed by atoms with van der Waals surface area (Å²) in [6.07, 6.45) is 3.27. The van der Waals surface area contributed by atoms with Crippen LogP contribution in [0.5, 0.6) is 0 Å². The molecule has 1 aliphatic rings. The summed E-state index contributed by atoms with van der Waals surface area (Å²) >= 11 is 0. The average Bonchev–Trinajstić information content (AvgIpc) is 2.36. The van der Waals surface area contributed by atoms with E-state index in [0.717, 1.165) is 32.5 Å². The van der Waals surface area contributed by atoms with Gasteiger partial charge in [0.15, 0.2) is 0 Å². The molecule has 0 aromatic carbocycles. The van der Waals surface area contributed by atoms with Crippen LogP contribution in [0, 0.1) is 5.92 Å². The first-order valence-corrected chi connectivity index (χ1v) is 6.86. The van der Waals surface area contributed by atoms with Gasteiger partial charge in [-0.1, -0.05) is 20.3 Å².